The number of carbonyl (C=O) groups excluding carboxylic acids is 1. The molecule has 1 aliphatic heterocycles. The van der Waals surface area contributed by atoms with Gasteiger partial charge >= 0.3 is 0 Å². The van der Waals surface area contributed by atoms with E-state index in [9.17, 15) is 4.79 Å². The molecule has 0 bridgehead atoms. The fraction of sp³-hybridized carbons (Fsp3) is 0.300. The zero-order valence-corrected chi connectivity index (χ0v) is 14.3. The third-order valence-electron chi connectivity index (χ3n) is 4.79. The fourth-order valence-corrected chi connectivity index (χ4v) is 3.46. The van der Waals surface area contributed by atoms with Crippen molar-refractivity contribution in [1.29, 1.82) is 0 Å². The maximum Gasteiger partial charge on any atom is 0.256 e. The molecule has 128 valence electrons. The predicted molar refractivity (Wildman–Crippen MR) is 96.4 cm³/mol. The van der Waals surface area contributed by atoms with E-state index in [1.54, 1.807) is 12.4 Å². The van der Waals surface area contributed by atoms with Crippen molar-refractivity contribution in [3.63, 3.8) is 0 Å². The third kappa shape index (κ3) is 2.91. The standard InChI is InChI=1S/C20H21N3O2/c1-2-22-13-17(16-5-3-4-6-18(16)22)20(24)23-11-12-25-19(14-23)15-7-9-21-10-8-15/h3-10,13,19H,2,11-12,14H2,1H3/t19-/m1/s1. The summed E-state index contributed by atoms with van der Waals surface area (Å²) in [5.74, 6) is 0.0748. The minimum atomic E-state index is -0.0970. The second kappa shape index (κ2) is 6.69. The van der Waals surface area contributed by atoms with Crippen LogP contribution < -0.4 is 0 Å². The first-order valence-corrected chi connectivity index (χ1v) is 8.66. The van der Waals surface area contributed by atoms with Gasteiger partial charge in [-0.1, -0.05) is 18.2 Å². The number of rotatable bonds is 3. The summed E-state index contributed by atoms with van der Waals surface area (Å²) in [5, 5.41) is 1.02. The summed E-state index contributed by atoms with van der Waals surface area (Å²) < 4.78 is 8.00. The topological polar surface area (TPSA) is 47.4 Å². The summed E-state index contributed by atoms with van der Waals surface area (Å²) in [4.78, 5) is 19.1. The van der Waals surface area contributed by atoms with Crippen molar-refractivity contribution in [3.8, 4) is 0 Å². The Labute approximate surface area is 146 Å². The summed E-state index contributed by atoms with van der Waals surface area (Å²) >= 11 is 0. The maximum atomic E-state index is 13.2. The lowest BCUT2D eigenvalue weighted by atomic mass is 10.1. The largest absolute Gasteiger partial charge is 0.370 e. The van der Waals surface area contributed by atoms with Gasteiger partial charge in [0.25, 0.3) is 5.91 Å². The Balaban J connectivity index is 1.63. The summed E-state index contributed by atoms with van der Waals surface area (Å²) in [6.45, 7) is 4.66. The van der Waals surface area contributed by atoms with Gasteiger partial charge in [0.15, 0.2) is 0 Å². The molecule has 0 radical (unpaired) electrons. The molecule has 2 aromatic heterocycles. The zero-order chi connectivity index (χ0) is 17.2. The Morgan fingerprint density at radius 3 is 2.84 bits per heavy atom. The van der Waals surface area contributed by atoms with Crippen molar-refractivity contribution >= 4 is 16.8 Å². The fourth-order valence-electron chi connectivity index (χ4n) is 3.46. The first-order chi connectivity index (χ1) is 12.3. The Hall–Kier alpha value is -2.66. The highest BCUT2D eigenvalue weighted by atomic mass is 16.5. The normalized spacial score (nSPS) is 17.8. The van der Waals surface area contributed by atoms with Crippen LogP contribution in [0.1, 0.15) is 28.9 Å². The van der Waals surface area contributed by atoms with Crippen molar-refractivity contribution in [1.82, 2.24) is 14.5 Å². The molecular formula is C20H21N3O2. The molecule has 0 saturated carbocycles. The molecule has 1 atom stereocenters. The van der Waals surface area contributed by atoms with Gasteiger partial charge in [-0.15, -0.1) is 0 Å². The van der Waals surface area contributed by atoms with Crippen molar-refractivity contribution in [2.24, 2.45) is 0 Å². The summed E-state index contributed by atoms with van der Waals surface area (Å²) in [6, 6.07) is 12.0. The van der Waals surface area contributed by atoms with Crippen LogP contribution in [0.15, 0.2) is 55.0 Å². The van der Waals surface area contributed by atoms with Crippen LogP contribution in [0.25, 0.3) is 10.9 Å². The lowest BCUT2D eigenvalue weighted by Gasteiger charge is -2.33. The molecule has 5 heteroatoms. The number of hydrogen-bond donors (Lipinski definition) is 0. The molecular weight excluding hydrogens is 314 g/mol. The number of aryl methyl sites for hydroxylation is 1. The van der Waals surface area contributed by atoms with Crippen LogP contribution in [0.4, 0.5) is 0 Å². The second-order valence-electron chi connectivity index (χ2n) is 6.24. The van der Waals surface area contributed by atoms with Gasteiger partial charge in [0.1, 0.15) is 6.10 Å². The van der Waals surface area contributed by atoms with Gasteiger partial charge < -0.3 is 14.2 Å². The minimum Gasteiger partial charge on any atom is -0.370 e. The van der Waals surface area contributed by atoms with Gasteiger partial charge in [0, 0.05) is 42.6 Å². The zero-order valence-electron chi connectivity index (χ0n) is 14.3. The predicted octanol–water partition coefficient (Wildman–Crippen LogP) is 3.27. The first kappa shape index (κ1) is 15.8. The highest BCUT2D eigenvalue weighted by Crippen LogP contribution is 2.26. The van der Waals surface area contributed by atoms with E-state index >= 15 is 0 Å². The summed E-state index contributed by atoms with van der Waals surface area (Å²) in [6.07, 6.45) is 5.40. The van der Waals surface area contributed by atoms with Crippen LogP contribution >= 0.6 is 0 Å². The Kier molecular flexibility index (Phi) is 4.24. The van der Waals surface area contributed by atoms with Crippen LogP contribution in [-0.2, 0) is 11.3 Å². The molecule has 1 amide bonds. The quantitative estimate of drug-likeness (QED) is 0.738. The molecule has 3 heterocycles. The van der Waals surface area contributed by atoms with Crippen molar-refractivity contribution in [3.05, 3.63) is 66.1 Å². The number of benzene rings is 1. The molecule has 1 fully saturated rings. The van der Waals surface area contributed by atoms with Crippen LogP contribution in [0.2, 0.25) is 0 Å². The monoisotopic (exact) mass is 335 g/mol. The van der Waals surface area contributed by atoms with Crippen LogP contribution in [0, 0.1) is 0 Å². The van der Waals surface area contributed by atoms with Crippen LogP contribution in [0.5, 0.6) is 0 Å². The average Bonchev–Trinajstić information content (AvgIpc) is 3.07. The lowest BCUT2D eigenvalue weighted by molar-refractivity contribution is -0.0228. The molecule has 1 aliphatic rings. The summed E-state index contributed by atoms with van der Waals surface area (Å²) in [5.41, 5.74) is 2.93. The van der Waals surface area contributed by atoms with E-state index in [4.69, 9.17) is 4.74 Å². The number of carbonyl (C=O) groups is 1. The molecule has 25 heavy (non-hydrogen) atoms. The van der Waals surface area contributed by atoms with Gasteiger partial charge in [-0.05, 0) is 30.7 Å². The molecule has 4 rings (SSSR count). The van der Waals surface area contributed by atoms with E-state index in [0.29, 0.717) is 19.7 Å². The summed E-state index contributed by atoms with van der Waals surface area (Å²) in [7, 11) is 0. The molecule has 3 aromatic rings. The van der Waals surface area contributed by atoms with Crippen molar-refractivity contribution < 1.29 is 9.53 Å². The third-order valence-corrected chi connectivity index (χ3v) is 4.79. The van der Waals surface area contributed by atoms with Gasteiger partial charge in [0.05, 0.1) is 18.7 Å². The van der Waals surface area contributed by atoms with Gasteiger partial charge in [-0.25, -0.2) is 0 Å². The van der Waals surface area contributed by atoms with E-state index in [0.717, 1.165) is 28.6 Å². The van der Waals surface area contributed by atoms with Crippen LogP contribution in [0.3, 0.4) is 0 Å². The maximum absolute atomic E-state index is 13.2. The number of hydrogen-bond acceptors (Lipinski definition) is 3. The highest BCUT2D eigenvalue weighted by Gasteiger charge is 2.27. The highest BCUT2D eigenvalue weighted by molar-refractivity contribution is 6.07. The Morgan fingerprint density at radius 1 is 1.24 bits per heavy atom. The number of nitrogens with zero attached hydrogens (tertiary/aromatic N) is 3. The van der Waals surface area contributed by atoms with Gasteiger partial charge in [0.2, 0.25) is 0 Å². The number of aromatic nitrogens is 2. The lowest BCUT2D eigenvalue weighted by Crippen LogP contribution is -2.42. The van der Waals surface area contributed by atoms with E-state index in [1.807, 2.05) is 41.4 Å². The van der Waals surface area contributed by atoms with Gasteiger partial charge in [-0.3, -0.25) is 9.78 Å². The second-order valence-corrected chi connectivity index (χ2v) is 6.24. The van der Waals surface area contributed by atoms with E-state index < -0.39 is 0 Å². The average molecular weight is 335 g/mol. The smallest absolute Gasteiger partial charge is 0.256 e. The number of amides is 1. The van der Waals surface area contributed by atoms with Crippen molar-refractivity contribution in [2.45, 2.75) is 19.6 Å². The molecule has 0 unspecified atom stereocenters. The Bertz CT molecular complexity index is 888. The van der Waals surface area contributed by atoms with E-state index in [1.165, 1.54) is 0 Å². The molecule has 5 nitrogen and oxygen atoms in total. The molecule has 1 aromatic carbocycles. The number of fused-ring (bicyclic) bond motifs is 1. The number of pyridine rings is 1. The molecule has 0 spiro atoms. The van der Waals surface area contributed by atoms with E-state index in [2.05, 4.69) is 22.5 Å². The first-order valence-electron chi connectivity index (χ1n) is 8.66. The van der Waals surface area contributed by atoms with E-state index in [-0.39, 0.29) is 12.0 Å². The molecule has 1 saturated heterocycles. The number of morpholine rings is 1. The minimum absolute atomic E-state index is 0.0748. The number of para-hydroxylation sites is 1. The van der Waals surface area contributed by atoms with Gasteiger partial charge in [-0.2, -0.15) is 0 Å². The SMILES string of the molecule is CCn1cc(C(=O)N2CCO[C@@H](c3ccncc3)C2)c2ccccc21. The molecule has 0 aliphatic carbocycles. The molecule has 0 N–H and O–H groups in total. The van der Waals surface area contributed by atoms with Crippen molar-refractivity contribution in [2.75, 3.05) is 19.7 Å². The Morgan fingerprint density at radius 2 is 2.04 bits per heavy atom. The number of ether oxygens (including phenoxy) is 1. The van der Waals surface area contributed by atoms with Crippen LogP contribution in [-0.4, -0.2) is 40.1 Å².